The molecular weight excluding hydrogens is 384 g/mol. The summed E-state index contributed by atoms with van der Waals surface area (Å²) in [5.74, 6) is 0.219. The number of nitrogens with one attached hydrogen (secondary N) is 2. The Hall–Kier alpha value is -3.75. The van der Waals surface area contributed by atoms with Crippen LogP contribution in [0.25, 0.3) is 11.4 Å². The minimum atomic E-state index is -0.476. The van der Waals surface area contributed by atoms with Gasteiger partial charge in [-0.3, -0.25) is 20.4 Å². The number of benzene rings is 2. The van der Waals surface area contributed by atoms with E-state index >= 15 is 0 Å². The first-order chi connectivity index (χ1) is 14.7. The minimum absolute atomic E-state index is 0.176. The van der Waals surface area contributed by atoms with E-state index in [0.29, 0.717) is 23.7 Å². The zero-order chi connectivity index (χ0) is 21.2. The fourth-order valence-electron chi connectivity index (χ4n) is 2.62. The van der Waals surface area contributed by atoms with Crippen molar-refractivity contribution in [2.75, 3.05) is 6.61 Å². The molecule has 1 heterocycles. The summed E-state index contributed by atoms with van der Waals surface area (Å²) in [4.78, 5) is 25.4. The summed E-state index contributed by atoms with van der Waals surface area (Å²) in [6.45, 7) is 2.61. The molecule has 3 rings (SSSR count). The van der Waals surface area contributed by atoms with Crippen LogP contribution in [0, 0.1) is 0 Å². The molecule has 1 aromatic heterocycles. The van der Waals surface area contributed by atoms with E-state index in [4.69, 9.17) is 4.74 Å². The summed E-state index contributed by atoms with van der Waals surface area (Å²) >= 11 is 0. The molecule has 2 amide bonds. The second-order valence-corrected chi connectivity index (χ2v) is 6.59. The van der Waals surface area contributed by atoms with Gasteiger partial charge in [0.2, 0.25) is 5.82 Å². The number of hydrazine groups is 1. The Kier molecular flexibility index (Phi) is 7.48. The van der Waals surface area contributed by atoms with E-state index in [1.807, 2.05) is 30.3 Å². The number of rotatable bonds is 9. The van der Waals surface area contributed by atoms with Gasteiger partial charge < -0.3 is 4.74 Å². The summed E-state index contributed by atoms with van der Waals surface area (Å²) in [5.41, 5.74) is 5.92. The largest absolute Gasteiger partial charge is 0.494 e. The third-order valence-corrected chi connectivity index (χ3v) is 4.22. The number of unbranched alkanes of at least 4 members (excludes halogenated alkanes) is 2. The van der Waals surface area contributed by atoms with Crippen LogP contribution in [-0.4, -0.2) is 38.6 Å². The maximum absolute atomic E-state index is 12.2. The molecule has 0 aliphatic heterocycles. The second kappa shape index (κ2) is 10.7. The highest BCUT2D eigenvalue weighted by atomic mass is 16.5. The van der Waals surface area contributed by atoms with Crippen molar-refractivity contribution in [3.63, 3.8) is 0 Å². The van der Waals surface area contributed by atoms with Crippen molar-refractivity contribution in [1.82, 2.24) is 31.1 Å². The van der Waals surface area contributed by atoms with E-state index in [0.717, 1.165) is 29.6 Å². The maximum Gasteiger partial charge on any atom is 0.269 e. The number of nitrogens with zero attached hydrogens (tertiary/aromatic N) is 4. The van der Waals surface area contributed by atoms with Crippen molar-refractivity contribution in [2.24, 2.45) is 0 Å². The van der Waals surface area contributed by atoms with Crippen LogP contribution in [0.1, 0.15) is 36.5 Å². The van der Waals surface area contributed by atoms with Crippen LogP contribution < -0.4 is 15.6 Å². The van der Waals surface area contributed by atoms with Crippen LogP contribution in [0.15, 0.2) is 54.6 Å². The smallest absolute Gasteiger partial charge is 0.269 e. The normalized spacial score (nSPS) is 10.4. The molecule has 0 fully saturated rings. The number of amides is 2. The highest BCUT2D eigenvalue weighted by molar-refractivity contribution is 5.95. The van der Waals surface area contributed by atoms with E-state index in [-0.39, 0.29) is 6.54 Å². The number of hydrogen-bond donors (Lipinski definition) is 2. The van der Waals surface area contributed by atoms with E-state index in [2.05, 4.69) is 33.2 Å². The third-order valence-electron chi connectivity index (χ3n) is 4.22. The van der Waals surface area contributed by atoms with E-state index in [1.165, 1.54) is 0 Å². The molecule has 0 saturated heterocycles. The molecule has 0 bridgehead atoms. The van der Waals surface area contributed by atoms with Crippen molar-refractivity contribution >= 4 is 11.8 Å². The van der Waals surface area contributed by atoms with Crippen molar-refractivity contribution < 1.29 is 14.3 Å². The average Bonchev–Trinajstić information content (AvgIpc) is 3.24. The van der Waals surface area contributed by atoms with Crippen LogP contribution in [0.5, 0.6) is 5.75 Å². The first kappa shape index (κ1) is 21.0. The quantitative estimate of drug-likeness (QED) is 0.415. The van der Waals surface area contributed by atoms with Gasteiger partial charge in [0.1, 0.15) is 12.3 Å². The van der Waals surface area contributed by atoms with Crippen LogP contribution in [0.4, 0.5) is 0 Å². The SMILES string of the molecule is CCCCCOc1ccc(C(=O)NNC(=O)Cn2nnc(-c3ccccc3)n2)cc1. The minimum Gasteiger partial charge on any atom is -0.494 e. The number of ether oxygens (including phenoxy) is 1. The number of hydrogen-bond acceptors (Lipinski definition) is 6. The van der Waals surface area contributed by atoms with Gasteiger partial charge in [-0.1, -0.05) is 50.1 Å². The van der Waals surface area contributed by atoms with Gasteiger partial charge in [-0.2, -0.15) is 4.80 Å². The van der Waals surface area contributed by atoms with Crippen molar-refractivity contribution in [2.45, 2.75) is 32.7 Å². The van der Waals surface area contributed by atoms with Crippen LogP contribution in [0.2, 0.25) is 0 Å². The Morgan fingerprint density at radius 3 is 2.50 bits per heavy atom. The fraction of sp³-hybridized carbons (Fsp3) is 0.286. The molecule has 0 saturated carbocycles. The lowest BCUT2D eigenvalue weighted by molar-refractivity contribution is -0.122. The number of tetrazole rings is 1. The predicted octanol–water partition coefficient (Wildman–Crippen LogP) is 2.37. The molecule has 0 aliphatic carbocycles. The first-order valence-electron chi connectivity index (χ1n) is 9.81. The van der Waals surface area contributed by atoms with Gasteiger partial charge in [0.15, 0.2) is 0 Å². The summed E-state index contributed by atoms with van der Waals surface area (Å²) in [6, 6.07) is 16.1. The van der Waals surface area contributed by atoms with Crippen molar-refractivity contribution in [3.05, 3.63) is 60.2 Å². The van der Waals surface area contributed by atoms with Crippen molar-refractivity contribution in [1.29, 1.82) is 0 Å². The van der Waals surface area contributed by atoms with Gasteiger partial charge in [-0.05, 0) is 35.9 Å². The highest BCUT2D eigenvalue weighted by Gasteiger charge is 2.11. The van der Waals surface area contributed by atoms with Crippen LogP contribution >= 0.6 is 0 Å². The van der Waals surface area contributed by atoms with E-state index in [9.17, 15) is 9.59 Å². The monoisotopic (exact) mass is 408 g/mol. The standard InChI is InChI=1S/C21H24N6O3/c1-2-3-7-14-30-18-12-10-17(11-13-18)21(29)24-22-19(28)15-27-25-20(23-26-27)16-8-5-4-6-9-16/h4-6,8-13H,2-3,7,14-15H2,1H3,(H,22,28)(H,24,29). The molecule has 0 atom stereocenters. The summed E-state index contributed by atoms with van der Waals surface area (Å²) in [6.07, 6.45) is 3.26. The lowest BCUT2D eigenvalue weighted by atomic mass is 10.2. The molecule has 0 spiro atoms. The van der Waals surface area contributed by atoms with Crippen LogP contribution in [0.3, 0.4) is 0 Å². The number of carbonyl (C=O) groups is 2. The molecule has 9 heteroatoms. The van der Waals surface area contributed by atoms with Gasteiger partial charge in [0.05, 0.1) is 6.61 Å². The summed E-state index contributed by atoms with van der Waals surface area (Å²) in [5, 5.41) is 11.9. The van der Waals surface area contributed by atoms with Gasteiger partial charge in [-0.15, -0.1) is 10.2 Å². The number of aromatic nitrogens is 4. The van der Waals surface area contributed by atoms with E-state index < -0.39 is 11.8 Å². The van der Waals surface area contributed by atoms with Crippen molar-refractivity contribution in [3.8, 4) is 17.1 Å². The average molecular weight is 408 g/mol. The molecule has 0 aliphatic rings. The lowest BCUT2D eigenvalue weighted by Gasteiger charge is -2.08. The molecule has 0 unspecified atom stereocenters. The first-order valence-corrected chi connectivity index (χ1v) is 9.81. The second-order valence-electron chi connectivity index (χ2n) is 6.59. The molecule has 2 N–H and O–H groups in total. The molecule has 2 aromatic carbocycles. The van der Waals surface area contributed by atoms with E-state index in [1.54, 1.807) is 24.3 Å². The molecular formula is C21H24N6O3. The Morgan fingerprint density at radius 2 is 1.77 bits per heavy atom. The van der Waals surface area contributed by atoms with Gasteiger partial charge >= 0.3 is 0 Å². The Balaban J connectivity index is 1.44. The van der Waals surface area contributed by atoms with Gasteiger partial charge in [0.25, 0.3) is 11.8 Å². The van der Waals surface area contributed by atoms with Crippen LogP contribution in [-0.2, 0) is 11.3 Å². The molecule has 3 aromatic rings. The topological polar surface area (TPSA) is 111 Å². The summed E-state index contributed by atoms with van der Waals surface area (Å²) < 4.78 is 5.62. The zero-order valence-corrected chi connectivity index (χ0v) is 16.7. The zero-order valence-electron chi connectivity index (χ0n) is 16.7. The Labute approximate surface area is 174 Å². The Bertz CT molecular complexity index is 956. The number of carbonyl (C=O) groups excluding carboxylic acids is 2. The molecule has 0 radical (unpaired) electrons. The summed E-state index contributed by atoms with van der Waals surface area (Å²) in [7, 11) is 0. The predicted molar refractivity (Wildman–Crippen MR) is 110 cm³/mol. The van der Waals surface area contributed by atoms with Gasteiger partial charge in [-0.25, -0.2) is 0 Å². The maximum atomic E-state index is 12.2. The fourth-order valence-corrected chi connectivity index (χ4v) is 2.62. The third kappa shape index (κ3) is 6.13. The lowest BCUT2D eigenvalue weighted by Crippen LogP contribution is -2.43. The van der Waals surface area contributed by atoms with Gasteiger partial charge in [0, 0.05) is 11.1 Å². The highest BCUT2D eigenvalue weighted by Crippen LogP contribution is 2.13. The Morgan fingerprint density at radius 1 is 1.00 bits per heavy atom. The molecule has 156 valence electrons. The molecule has 30 heavy (non-hydrogen) atoms. The molecule has 9 nitrogen and oxygen atoms in total.